The van der Waals surface area contributed by atoms with E-state index in [2.05, 4.69) is 5.32 Å². The molecule has 0 bridgehead atoms. The van der Waals surface area contributed by atoms with Crippen molar-refractivity contribution in [3.8, 4) is 11.5 Å². The van der Waals surface area contributed by atoms with Crippen LogP contribution in [0.3, 0.4) is 0 Å². The molecular formula is C20H25Cl2NO3. The number of halogens is 2. The minimum Gasteiger partial charge on any atom is -0.493 e. The molecular weight excluding hydrogens is 373 g/mol. The molecule has 2 aromatic rings. The third-order valence-electron chi connectivity index (χ3n) is 3.84. The molecule has 0 unspecified atom stereocenters. The summed E-state index contributed by atoms with van der Waals surface area (Å²) >= 11 is 12.4. The number of methoxy groups -OCH3 is 1. The van der Waals surface area contributed by atoms with Gasteiger partial charge in [0.2, 0.25) is 0 Å². The Morgan fingerprint density at radius 2 is 1.81 bits per heavy atom. The molecule has 0 aromatic heterocycles. The summed E-state index contributed by atoms with van der Waals surface area (Å²) in [6.45, 7) is 5.50. The van der Waals surface area contributed by atoms with E-state index >= 15 is 0 Å². The number of hydrogen-bond donors (Lipinski definition) is 1. The lowest BCUT2D eigenvalue weighted by Crippen LogP contribution is -2.16. The van der Waals surface area contributed by atoms with Gasteiger partial charge >= 0.3 is 0 Å². The molecule has 0 radical (unpaired) electrons. The normalized spacial score (nSPS) is 10.8. The zero-order chi connectivity index (χ0) is 18.8. The highest BCUT2D eigenvalue weighted by Crippen LogP contribution is 2.31. The van der Waals surface area contributed by atoms with Gasteiger partial charge in [-0.05, 0) is 49.7 Å². The summed E-state index contributed by atoms with van der Waals surface area (Å²) in [6, 6.07) is 11.3. The van der Waals surface area contributed by atoms with Crippen LogP contribution in [-0.2, 0) is 17.9 Å². The third kappa shape index (κ3) is 6.36. The van der Waals surface area contributed by atoms with Gasteiger partial charge in [0.15, 0.2) is 11.5 Å². The quantitative estimate of drug-likeness (QED) is 0.535. The van der Waals surface area contributed by atoms with Crippen LogP contribution in [0.4, 0.5) is 0 Å². The lowest BCUT2D eigenvalue weighted by Gasteiger charge is -2.14. The Morgan fingerprint density at radius 3 is 2.50 bits per heavy atom. The summed E-state index contributed by atoms with van der Waals surface area (Å²) in [5.41, 5.74) is 1.89. The monoisotopic (exact) mass is 397 g/mol. The molecule has 0 aliphatic carbocycles. The molecule has 0 spiro atoms. The van der Waals surface area contributed by atoms with Gasteiger partial charge in [-0.25, -0.2) is 0 Å². The standard InChI is InChI=1S/C20H25Cl2NO3/c1-3-25-11-5-10-23-13-15-8-9-19(20(12-15)24-2)26-14-16-17(21)6-4-7-18(16)22/h4,6-9,12,23H,3,5,10-11,13-14H2,1-2H3. The molecule has 0 aliphatic rings. The second-order valence-electron chi connectivity index (χ2n) is 5.70. The van der Waals surface area contributed by atoms with Crippen molar-refractivity contribution in [3.05, 3.63) is 57.6 Å². The zero-order valence-electron chi connectivity index (χ0n) is 15.2. The van der Waals surface area contributed by atoms with Gasteiger partial charge in [0.05, 0.1) is 7.11 Å². The fraction of sp³-hybridized carbons (Fsp3) is 0.400. The number of nitrogens with one attached hydrogen (secondary N) is 1. The van der Waals surface area contributed by atoms with Crippen molar-refractivity contribution in [1.29, 1.82) is 0 Å². The molecule has 0 atom stereocenters. The Bertz CT molecular complexity index is 675. The van der Waals surface area contributed by atoms with Crippen LogP contribution in [-0.4, -0.2) is 26.9 Å². The van der Waals surface area contributed by atoms with Gasteiger partial charge in [-0.3, -0.25) is 0 Å². The van der Waals surface area contributed by atoms with Gasteiger partial charge in [0.25, 0.3) is 0 Å². The minimum absolute atomic E-state index is 0.282. The number of benzene rings is 2. The van der Waals surface area contributed by atoms with E-state index in [-0.39, 0.29) is 6.61 Å². The van der Waals surface area contributed by atoms with Crippen LogP contribution in [0.15, 0.2) is 36.4 Å². The molecule has 2 rings (SSSR count). The first-order valence-corrected chi connectivity index (χ1v) is 9.42. The zero-order valence-corrected chi connectivity index (χ0v) is 16.7. The fourth-order valence-corrected chi connectivity index (χ4v) is 2.94. The molecule has 6 heteroatoms. The Balaban J connectivity index is 1.91. The van der Waals surface area contributed by atoms with Crippen LogP contribution in [0.1, 0.15) is 24.5 Å². The number of hydrogen-bond acceptors (Lipinski definition) is 4. The van der Waals surface area contributed by atoms with Crippen LogP contribution in [0.2, 0.25) is 10.0 Å². The molecule has 142 valence electrons. The summed E-state index contributed by atoms with van der Waals surface area (Å²) in [7, 11) is 1.63. The molecule has 0 fully saturated rings. The van der Waals surface area contributed by atoms with Crippen LogP contribution < -0.4 is 14.8 Å². The van der Waals surface area contributed by atoms with E-state index in [0.717, 1.165) is 43.9 Å². The average molecular weight is 398 g/mol. The van der Waals surface area contributed by atoms with Gasteiger partial charge in [0.1, 0.15) is 6.61 Å². The third-order valence-corrected chi connectivity index (χ3v) is 4.55. The van der Waals surface area contributed by atoms with Crippen molar-refractivity contribution in [2.45, 2.75) is 26.5 Å². The highest BCUT2D eigenvalue weighted by Gasteiger charge is 2.10. The molecule has 1 N–H and O–H groups in total. The van der Waals surface area contributed by atoms with Crippen LogP contribution >= 0.6 is 23.2 Å². The van der Waals surface area contributed by atoms with Gasteiger partial charge < -0.3 is 19.5 Å². The number of rotatable bonds is 11. The Morgan fingerprint density at radius 1 is 1.04 bits per heavy atom. The Kier molecular flexibility index (Phi) is 9.06. The molecule has 0 heterocycles. The molecule has 0 amide bonds. The van der Waals surface area contributed by atoms with Crippen molar-refractivity contribution in [1.82, 2.24) is 5.32 Å². The van der Waals surface area contributed by atoms with Gasteiger partial charge in [-0.15, -0.1) is 0 Å². The Labute approximate surface area is 165 Å². The Hall–Kier alpha value is -1.46. The first-order valence-electron chi connectivity index (χ1n) is 8.66. The lowest BCUT2D eigenvalue weighted by atomic mass is 10.2. The molecule has 0 saturated heterocycles. The summed E-state index contributed by atoms with van der Waals surface area (Å²) in [4.78, 5) is 0. The minimum atomic E-state index is 0.282. The van der Waals surface area contributed by atoms with Crippen molar-refractivity contribution < 1.29 is 14.2 Å². The topological polar surface area (TPSA) is 39.7 Å². The maximum absolute atomic E-state index is 6.18. The second kappa shape index (κ2) is 11.3. The maximum atomic E-state index is 6.18. The van der Waals surface area contributed by atoms with Crippen LogP contribution in [0.25, 0.3) is 0 Å². The van der Waals surface area contributed by atoms with Crippen LogP contribution in [0, 0.1) is 0 Å². The first-order chi connectivity index (χ1) is 12.7. The summed E-state index contributed by atoms with van der Waals surface area (Å²) in [5.74, 6) is 1.34. The van der Waals surface area contributed by atoms with Gasteiger partial charge in [0, 0.05) is 35.4 Å². The lowest BCUT2D eigenvalue weighted by molar-refractivity contribution is 0.144. The summed E-state index contributed by atoms with van der Waals surface area (Å²) in [6.07, 6.45) is 0.991. The van der Waals surface area contributed by atoms with E-state index in [9.17, 15) is 0 Å². The molecule has 4 nitrogen and oxygen atoms in total. The molecule has 0 aliphatic heterocycles. The van der Waals surface area contributed by atoms with Crippen molar-refractivity contribution in [3.63, 3.8) is 0 Å². The van der Waals surface area contributed by atoms with E-state index in [1.807, 2.05) is 31.2 Å². The maximum Gasteiger partial charge on any atom is 0.161 e. The molecule has 0 saturated carbocycles. The van der Waals surface area contributed by atoms with Crippen molar-refractivity contribution in [2.24, 2.45) is 0 Å². The summed E-state index contributed by atoms with van der Waals surface area (Å²) < 4.78 is 16.6. The SMILES string of the molecule is CCOCCCNCc1ccc(OCc2c(Cl)cccc2Cl)c(OC)c1. The van der Waals surface area contributed by atoms with Crippen molar-refractivity contribution >= 4 is 23.2 Å². The molecule has 26 heavy (non-hydrogen) atoms. The summed E-state index contributed by atoms with van der Waals surface area (Å²) in [5, 5.41) is 4.57. The van der Waals surface area contributed by atoms with E-state index in [4.69, 9.17) is 37.4 Å². The van der Waals surface area contributed by atoms with Crippen LogP contribution in [0.5, 0.6) is 11.5 Å². The predicted molar refractivity (Wildman–Crippen MR) is 107 cm³/mol. The largest absolute Gasteiger partial charge is 0.493 e. The van der Waals surface area contributed by atoms with E-state index in [1.165, 1.54) is 0 Å². The van der Waals surface area contributed by atoms with Crippen molar-refractivity contribution in [2.75, 3.05) is 26.9 Å². The van der Waals surface area contributed by atoms with E-state index in [0.29, 0.717) is 21.5 Å². The van der Waals surface area contributed by atoms with Gasteiger partial charge in [-0.1, -0.05) is 35.3 Å². The first kappa shape index (κ1) is 20.8. The smallest absolute Gasteiger partial charge is 0.161 e. The van der Waals surface area contributed by atoms with E-state index in [1.54, 1.807) is 19.2 Å². The molecule has 2 aromatic carbocycles. The predicted octanol–water partition coefficient (Wildman–Crippen LogP) is 5.10. The average Bonchev–Trinajstić information content (AvgIpc) is 2.64. The second-order valence-corrected chi connectivity index (χ2v) is 6.52. The van der Waals surface area contributed by atoms with Gasteiger partial charge in [-0.2, -0.15) is 0 Å². The highest BCUT2D eigenvalue weighted by atomic mass is 35.5. The van der Waals surface area contributed by atoms with E-state index < -0.39 is 0 Å². The number of ether oxygens (including phenoxy) is 3. The highest BCUT2D eigenvalue weighted by molar-refractivity contribution is 6.35. The fourth-order valence-electron chi connectivity index (χ4n) is 2.44.